The molecule has 114 valence electrons. The van der Waals surface area contributed by atoms with Crippen LogP contribution in [-0.4, -0.2) is 22.0 Å². The second kappa shape index (κ2) is 6.73. The number of hydrogen-bond acceptors (Lipinski definition) is 3. The van der Waals surface area contributed by atoms with E-state index in [0.29, 0.717) is 12.1 Å². The van der Waals surface area contributed by atoms with Gasteiger partial charge in [-0.2, -0.15) is 0 Å². The van der Waals surface area contributed by atoms with Crippen LogP contribution in [0.25, 0.3) is 5.69 Å². The molecular formula is C14H17Cl2FN4. The highest BCUT2D eigenvalue weighted by Gasteiger charge is 2.22. The van der Waals surface area contributed by atoms with E-state index in [1.54, 1.807) is 4.68 Å². The Bertz CT molecular complexity index is 615. The van der Waals surface area contributed by atoms with Gasteiger partial charge in [0.2, 0.25) is 0 Å². The van der Waals surface area contributed by atoms with Crippen LogP contribution >= 0.6 is 23.2 Å². The van der Waals surface area contributed by atoms with Gasteiger partial charge in [0.05, 0.1) is 21.8 Å². The normalized spacial score (nSPS) is 12.7. The molecule has 1 unspecified atom stereocenters. The van der Waals surface area contributed by atoms with Crippen LogP contribution in [0.4, 0.5) is 4.39 Å². The first-order valence-corrected chi connectivity index (χ1v) is 7.55. The highest BCUT2D eigenvalue weighted by Crippen LogP contribution is 2.31. The summed E-state index contributed by atoms with van der Waals surface area (Å²) in [6, 6.07) is 2.55. The lowest BCUT2D eigenvalue weighted by Crippen LogP contribution is -2.17. The van der Waals surface area contributed by atoms with E-state index in [0.717, 1.165) is 17.8 Å². The first-order valence-electron chi connectivity index (χ1n) is 6.80. The Labute approximate surface area is 133 Å². The number of halogens is 3. The third-order valence-corrected chi connectivity index (χ3v) is 3.98. The van der Waals surface area contributed by atoms with Crippen molar-refractivity contribution in [3.63, 3.8) is 0 Å². The zero-order valence-corrected chi connectivity index (χ0v) is 13.6. The van der Waals surface area contributed by atoms with E-state index >= 15 is 0 Å². The van der Waals surface area contributed by atoms with Crippen LogP contribution in [-0.2, 0) is 6.42 Å². The van der Waals surface area contributed by atoms with Crippen LogP contribution in [0.1, 0.15) is 37.7 Å². The molecule has 0 radical (unpaired) electrons. The molecule has 0 aliphatic carbocycles. The fourth-order valence-corrected chi connectivity index (χ4v) is 2.99. The summed E-state index contributed by atoms with van der Waals surface area (Å²) < 4.78 is 14.9. The molecule has 0 aliphatic heterocycles. The number of nitrogens with zero attached hydrogens (tertiary/aromatic N) is 3. The van der Waals surface area contributed by atoms with E-state index < -0.39 is 5.82 Å². The fourth-order valence-electron chi connectivity index (χ4n) is 2.37. The Morgan fingerprint density at radius 2 is 1.90 bits per heavy atom. The quantitative estimate of drug-likeness (QED) is 0.902. The number of aromatic nitrogens is 3. The average molecular weight is 331 g/mol. The van der Waals surface area contributed by atoms with E-state index in [9.17, 15) is 4.39 Å². The van der Waals surface area contributed by atoms with E-state index in [2.05, 4.69) is 22.6 Å². The van der Waals surface area contributed by atoms with Gasteiger partial charge in [0.15, 0.2) is 0 Å². The highest BCUT2D eigenvalue weighted by molar-refractivity contribution is 6.37. The minimum atomic E-state index is -0.478. The lowest BCUT2D eigenvalue weighted by molar-refractivity contribution is 0.555. The lowest BCUT2D eigenvalue weighted by Gasteiger charge is -2.14. The second-order valence-corrected chi connectivity index (χ2v) is 5.47. The molecule has 0 fully saturated rings. The van der Waals surface area contributed by atoms with Crippen LogP contribution < -0.4 is 5.32 Å². The highest BCUT2D eigenvalue weighted by atomic mass is 35.5. The maximum Gasteiger partial charge on any atom is 0.126 e. The zero-order valence-electron chi connectivity index (χ0n) is 12.1. The monoisotopic (exact) mass is 330 g/mol. The van der Waals surface area contributed by atoms with E-state index in [-0.39, 0.29) is 16.1 Å². The molecule has 1 aromatic heterocycles. The molecule has 2 rings (SSSR count). The second-order valence-electron chi connectivity index (χ2n) is 4.65. The molecule has 0 bridgehead atoms. The van der Waals surface area contributed by atoms with Crippen molar-refractivity contribution in [1.82, 2.24) is 20.3 Å². The van der Waals surface area contributed by atoms with E-state index in [1.807, 2.05) is 14.0 Å². The van der Waals surface area contributed by atoms with Crippen molar-refractivity contribution in [1.29, 1.82) is 0 Å². The SMILES string of the molecule is CCc1c(C(CC)NC)nnn1-c1c(Cl)cc(F)cc1Cl. The van der Waals surface area contributed by atoms with E-state index in [4.69, 9.17) is 23.2 Å². The molecule has 1 aromatic carbocycles. The maximum absolute atomic E-state index is 13.3. The average Bonchev–Trinajstić information content (AvgIpc) is 2.83. The van der Waals surface area contributed by atoms with Crippen LogP contribution in [0, 0.1) is 5.82 Å². The molecule has 0 saturated carbocycles. The van der Waals surface area contributed by atoms with Crippen LogP contribution in [0.2, 0.25) is 10.0 Å². The Morgan fingerprint density at radius 3 is 2.38 bits per heavy atom. The Morgan fingerprint density at radius 1 is 1.29 bits per heavy atom. The smallest absolute Gasteiger partial charge is 0.126 e. The van der Waals surface area contributed by atoms with Crippen molar-refractivity contribution < 1.29 is 4.39 Å². The van der Waals surface area contributed by atoms with Crippen LogP contribution in [0.5, 0.6) is 0 Å². The van der Waals surface area contributed by atoms with Crippen LogP contribution in [0.15, 0.2) is 12.1 Å². The van der Waals surface area contributed by atoms with Gasteiger partial charge in [0, 0.05) is 0 Å². The molecular weight excluding hydrogens is 314 g/mol. The molecule has 21 heavy (non-hydrogen) atoms. The van der Waals surface area contributed by atoms with Gasteiger partial charge in [-0.05, 0) is 32.0 Å². The maximum atomic E-state index is 13.3. The summed E-state index contributed by atoms with van der Waals surface area (Å²) >= 11 is 12.3. The Balaban J connectivity index is 2.61. The summed E-state index contributed by atoms with van der Waals surface area (Å²) in [7, 11) is 1.88. The number of rotatable bonds is 5. The minimum absolute atomic E-state index is 0.103. The Hall–Kier alpha value is -1.17. The predicted octanol–water partition coefficient (Wildman–Crippen LogP) is 3.95. The predicted molar refractivity (Wildman–Crippen MR) is 82.8 cm³/mol. The largest absolute Gasteiger partial charge is 0.312 e. The van der Waals surface area contributed by atoms with Crippen molar-refractivity contribution in [2.45, 2.75) is 32.7 Å². The summed E-state index contributed by atoms with van der Waals surface area (Å²) in [6.45, 7) is 4.07. The molecule has 7 heteroatoms. The number of hydrogen-bond donors (Lipinski definition) is 1. The standard InChI is InChI=1S/C14H17Cl2FN4/c1-4-11(18-3)13-12(5-2)21(20-19-13)14-9(15)6-8(17)7-10(14)16/h6-7,11,18H,4-5H2,1-3H3. The van der Waals surface area contributed by atoms with Gasteiger partial charge in [-0.25, -0.2) is 9.07 Å². The van der Waals surface area contributed by atoms with Crippen molar-refractivity contribution in [3.8, 4) is 5.69 Å². The summed E-state index contributed by atoms with van der Waals surface area (Å²) in [5.41, 5.74) is 2.23. The van der Waals surface area contributed by atoms with Crippen molar-refractivity contribution in [3.05, 3.63) is 39.4 Å². The zero-order chi connectivity index (χ0) is 15.6. The van der Waals surface area contributed by atoms with Crippen LogP contribution in [0.3, 0.4) is 0 Å². The molecule has 1 N–H and O–H groups in total. The van der Waals surface area contributed by atoms with Gasteiger partial charge < -0.3 is 5.32 Å². The molecule has 4 nitrogen and oxygen atoms in total. The molecule has 0 spiro atoms. The van der Waals surface area contributed by atoms with Gasteiger partial charge >= 0.3 is 0 Å². The number of nitrogens with one attached hydrogen (secondary N) is 1. The topological polar surface area (TPSA) is 42.7 Å². The Kier molecular flexibility index (Phi) is 5.19. The van der Waals surface area contributed by atoms with Gasteiger partial charge in [0.25, 0.3) is 0 Å². The molecule has 0 saturated heterocycles. The summed E-state index contributed by atoms with van der Waals surface area (Å²) in [5.74, 6) is -0.478. The fraction of sp³-hybridized carbons (Fsp3) is 0.429. The molecule has 0 aliphatic rings. The van der Waals surface area contributed by atoms with Crippen molar-refractivity contribution >= 4 is 23.2 Å². The third kappa shape index (κ3) is 3.05. The van der Waals surface area contributed by atoms with Gasteiger partial charge in [-0.3, -0.25) is 0 Å². The van der Waals surface area contributed by atoms with Crippen molar-refractivity contribution in [2.75, 3.05) is 7.05 Å². The molecule has 1 atom stereocenters. The summed E-state index contributed by atoms with van der Waals surface area (Å²) in [4.78, 5) is 0. The van der Waals surface area contributed by atoms with Crippen molar-refractivity contribution in [2.24, 2.45) is 0 Å². The first-order chi connectivity index (χ1) is 10.0. The third-order valence-electron chi connectivity index (χ3n) is 3.41. The van der Waals surface area contributed by atoms with Gasteiger partial charge in [0.1, 0.15) is 17.2 Å². The number of benzene rings is 1. The lowest BCUT2D eigenvalue weighted by atomic mass is 10.1. The summed E-state index contributed by atoms with van der Waals surface area (Å²) in [5, 5.41) is 12.0. The molecule has 2 aromatic rings. The molecule has 0 amide bonds. The van der Waals surface area contributed by atoms with E-state index in [1.165, 1.54) is 12.1 Å². The summed E-state index contributed by atoms with van der Waals surface area (Å²) in [6.07, 6.45) is 1.59. The van der Waals surface area contributed by atoms with Gasteiger partial charge in [-0.1, -0.05) is 42.3 Å². The first kappa shape index (κ1) is 16.2. The van der Waals surface area contributed by atoms with Gasteiger partial charge in [-0.15, -0.1) is 5.10 Å². The molecule has 1 heterocycles. The minimum Gasteiger partial charge on any atom is -0.312 e.